The zero-order valence-electron chi connectivity index (χ0n) is 11.7. The molecule has 21 heavy (non-hydrogen) atoms. The van der Waals surface area contributed by atoms with E-state index in [1.165, 1.54) is 10.8 Å². The number of hydrogen-bond acceptors (Lipinski definition) is 5. The number of aliphatic hydroxyl groups is 1. The Balaban J connectivity index is 2.26. The monoisotopic (exact) mass is 294 g/mol. The normalized spacial score (nSPS) is 24.9. The molecule has 7 heteroatoms. The summed E-state index contributed by atoms with van der Waals surface area (Å²) >= 11 is 0. The molecule has 1 saturated heterocycles. The van der Waals surface area contributed by atoms with Gasteiger partial charge in [-0.25, -0.2) is 4.79 Å². The minimum absolute atomic E-state index is 0.164. The van der Waals surface area contributed by atoms with Gasteiger partial charge in [-0.2, -0.15) is 0 Å². The number of ether oxygens (including phenoxy) is 2. The quantitative estimate of drug-likeness (QED) is 0.566. The van der Waals surface area contributed by atoms with Crippen molar-refractivity contribution in [3.63, 3.8) is 0 Å². The third kappa shape index (κ3) is 3.42. The van der Waals surface area contributed by atoms with Crippen molar-refractivity contribution in [1.82, 2.24) is 9.55 Å². The van der Waals surface area contributed by atoms with Crippen LogP contribution in [0.1, 0.15) is 24.6 Å². The largest absolute Gasteiger partial charge is 0.394 e. The van der Waals surface area contributed by atoms with Gasteiger partial charge in [-0.1, -0.05) is 0 Å². The maximum Gasteiger partial charge on any atom is 0.330 e. The van der Waals surface area contributed by atoms with Gasteiger partial charge in [-0.3, -0.25) is 14.3 Å². The number of aromatic amines is 1. The summed E-state index contributed by atoms with van der Waals surface area (Å²) in [6.45, 7) is 1.78. The highest BCUT2D eigenvalue weighted by atomic mass is 16.6. The van der Waals surface area contributed by atoms with Gasteiger partial charge in [0.05, 0.1) is 19.3 Å². The standard InChI is InChI=1S/C14H18N2O5/c1-3-4-5-20-11-6-10(8-17)21-13(11)16-7-9(2)12(18)15-14(16)19/h1,7,10-11,13,17H,4-6,8H2,2H3,(H,15,18,19)/t10-,11?,13+/m0/s1. The first-order valence-electron chi connectivity index (χ1n) is 6.70. The molecule has 0 radical (unpaired) electrons. The zero-order valence-corrected chi connectivity index (χ0v) is 11.7. The fraction of sp³-hybridized carbons (Fsp3) is 0.571. The van der Waals surface area contributed by atoms with E-state index in [0.29, 0.717) is 25.0 Å². The number of aliphatic hydroxyl groups excluding tert-OH is 1. The second kappa shape index (κ2) is 6.72. The van der Waals surface area contributed by atoms with E-state index in [-0.39, 0.29) is 6.61 Å². The third-order valence-corrected chi connectivity index (χ3v) is 3.35. The van der Waals surface area contributed by atoms with Crippen LogP contribution < -0.4 is 11.2 Å². The molecule has 1 aromatic rings. The second-order valence-corrected chi connectivity index (χ2v) is 4.91. The first-order chi connectivity index (χ1) is 10.1. The smallest absolute Gasteiger partial charge is 0.330 e. The minimum atomic E-state index is -0.692. The second-order valence-electron chi connectivity index (χ2n) is 4.91. The molecule has 7 nitrogen and oxygen atoms in total. The number of nitrogens with zero attached hydrogens (tertiary/aromatic N) is 1. The maximum absolute atomic E-state index is 11.9. The van der Waals surface area contributed by atoms with Crippen LogP contribution in [0.15, 0.2) is 15.8 Å². The molecule has 1 aliphatic rings. The number of aryl methyl sites for hydroxylation is 1. The third-order valence-electron chi connectivity index (χ3n) is 3.35. The predicted molar refractivity (Wildman–Crippen MR) is 74.9 cm³/mol. The Hall–Kier alpha value is -1.88. The van der Waals surface area contributed by atoms with Crippen LogP contribution in [-0.4, -0.2) is 40.1 Å². The van der Waals surface area contributed by atoms with E-state index in [9.17, 15) is 14.7 Å². The average Bonchev–Trinajstić information content (AvgIpc) is 2.86. The van der Waals surface area contributed by atoms with Crippen LogP contribution in [-0.2, 0) is 9.47 Å². The van der Waals surface area contributed by atoms with Crippen LogP contribution in [0.2, 0.25) is 0 Å². The molecule has 0 aliphatic carbocycles. The molecule has 0 amide bonds. The molecule has 2 rings (SSSR count). The molecule has 114 valence electrons. The summed E-state index contributed by atoms with van der Waals surface area (Å²) in [6.07, 6.45) is 6.01. The summed E-state index contributed by atoms with van der Waals surface area (Å²) in [7, 11) is 0. The van der Waals surface area contributed by atoms with E-state index >= 15 is 0 Å². The lowest BCUT2D eigenvalue weighted by Crippen LogP contribution is -2.37. The van der Waals surface area contributed by atoms with Gasteiger partial charge in [-0.05, 0) is 6.92 Å². The van der Waals surface area contributed by atoms with Gasteiger partial charge in [0.25, 0.3) is 5.56 Å². The van der Waals surface area contributed by atoms with Gasteiger partial charge in [0.2, 0.25) is 0 Å². The molecule has 2 heterocycles. The number of H-pyrrole nitrogens is 1. The van der Waals surface area contributed by atoms with Crippen LogP contribution in [0.4, 0.5) is 0 Å². The number of nitrogens with one attached hydrogen (secondary N) is 1. The molecule has 1 aliphatic heterocycles. The van der Waals surface area contributed by atoms with Crippen molar-refractivity contribution in [1.29, 1.82) is 0 Å². The van der Waals surface area contributed by atoms with Crippen LogP contribution in [0.5, 0.6) is 0 Å². The summed E-state index contributed by atoms with van der Waals surface area (Å²) in [5, 5.41) is 9.23. The molecule has 0 bridgehead atoms. The molecular formula is C14H18N2O5. The lowest BCUT2D eigenvalue weighted by molar-refractivity contribution is -0.0719. The van der Waals surface area contributed by atoms with Crippen molar-refractivity contribution in [3.05, 3.63) is 32.6 Å². The summed E-state index contributed by atoms with van der Waals surface area (Å²) < 4.78 is 12.6. The Morgan fingerprint density at radius 3 is 3.05 bits per heavy atom. The Bertz CT molecular complexity index is 642. The van der Waals surface area contributed by atoms with Gasteiger partial charge >= 0.3 is 5.69 Å². The van der Waals surface area contributed by atoms with E-state index in [1.54, 1.807) is 6.92 Å². The molecule has 1 fully saturated rings. The maximum atomic E-state index is 11.9. The molecule has 1 aromatic heterocycles. The molecule has 0 spiro atoms. The number of rotatable bonds is 5. The molecule has 0 saturated carbocycles. The van der Waals surface area contributed by atoms with Crippen LogP contribution in [0, 0.1) is 19.3 Å². The van der Waals surface area contributed by atoms with Gasteiger partial charge < -0.3 is 14.6 Å². The Labute approximate surface area is 121 Å². The SMILES string of the molecule is C#CCCOC1C[C@@H](CO)O[C@H]1n1cc(C)c(=O)[nH]c1=O. The number of aromatic nitrogens is 2. The lowest BCUT2D eigenvalue weighted by Gasteiger charge is -2.21. The summed E-state index contributed by atoms with van der Waals surface area (Å²) in [6, 6.07) is 0. The van der Waals surface area contributed by atoms with Crippen LogP contribution >= 0.6 is 0 Å². The Morgan fingerprint density at radius 1 is 1.62 bits per heavy atom. The van der Waals surface area contributed by atoms with Crippen molar-refractivity contribution in [2.45, 2.75) is 38.2 Å². The van der Waals surface area contributed by atoms with Gasteiger partial charge in [-0.15, -0.1) is 12.3 Å². The predicted octanol–water partition coefficient (Wildman–Crippen LogP) is -0.467. The Kier molecular flexibility index (Phi) is 4.96. The Morgan fingerprint density at radius 2 is 2.38 bits per heavy atom. The summed E-state index contributed by atoms with van der Waals surface area (Å²) in [4.78, 5) is 25.6. The van der Waals surface area contributed by atoms with Crippen molar-refractivity contribution in [2.75, 3.05) is 13.2 Å². The molecule has 3 atom stereocenters. The first-order valence-corrected chi connectivity index (χ1v) is 6.70. The van der Waals surface area contributed by atoms with Crippen molar-refractivity contribution < 1.29 is 14.6 Å². The van der Waals surface area contributed by atoms with Crippen LogP contribution in [0.25, 0.3) is 0 Å². The van der Waals surface area contributed by atoms with E-state index in [0.717, 1.165) is 0 Å². The fourth-order valence-electron chi connectivity index (χ4n) is 2.27. The van der Waals surface area contributed by atoms with E-state index in [1.807, 2.05) is 0 Å². The van der Waals surface area contributed by atoms with Gasteiger partial charge in [0.1, 0.15) is 6.10 Å². The van der Waals surface area contributed by atoms with Crippen molar-refractivity contribution in [2.24, 2.45) is 0 Å². The molecule has 1 unspecified atom stereocenters. The van der Waals surface area contributed by atoms with Crippen molar-refractivity contribution >= 4 is 0 Å². The zero-order chi connectivity index (χ0) is 15.4. The number of hydrogen-bond donors (Lipinski definition) is 2. The molecular weight excluding hydrogens is 276 g/mol. The molecule has 2 N–H and O–H groups in total. The van der Waals surface area contributed by atoms with E-state index < -0.39 is 29.7 Å². The molecule has 0 aromatic carbocycles. The highest BCUT2D eigenvalue weighted by Gasteiger charge is 2.37. The minimum Gasteiger partial charge on any atom is -0.394 e. The first kappa shape index (κ1) is 15.5. The highest BCUT2D eigenvalue weighted by molar-refractivity contribution is 5.02. The average molecular weight is 294 g/mol. The number of terminal acetylenes is 1. The van der Waals surface area contributed by atoms with E-state index in [4.69, 9.17) is 15.9 Å². The van der Waals surface area contributed by atoms with E-state index in [2.05, 4.69) is 10.9 Å². The van der Waals surface area contributed by atoms with Gasteiger partial charge in [0, 0.05) is 24.6 Å². The highest BCUT2D eigenvalue weighted by Crippen LogP contribution is 2.30. The van der Waals surface area contributed by atoms with Gasteiger partial charge in [0.15, 0.2) is 6.23 Å². The lowest BCUT2D eigenvalue weighted by atomic mass is 10.2. The summed E-state index contributed by atoms with van der Waals surface area (Å²) in [5.41, 5.74) is -0.606. The summed E-state index contributed by atoms with van der Waals surface area (Å²) in [5.74, 6) is 2.47. The fourth-order valence-corrected chi connectivity index (χ4v) is 2.27. The van der Waals surface area contributed by atoms with Crippen molar-refractivity contribution in [3.8, 4) is 12.3 Å². The topological polar surface area (TPSA) is 93.5 Å². The van der Waals surface area contributed by atoms with Crippen LogP contribution in [0.3, 0.4) is 0 Å².